The van der Waals surface area contributed by atoms with Crippen molar-refractivity contribution in [3.05, 3.63) is 51.6 Å². The second-order valence-electron chi connectivity index (χ2n) is 5.52. The van der Waals surface area contributed by atoms with Crippen LogP contribution >= 0.6 is 22.6 Å². The molecule has 0 aliphatic heterocycles. The van der Waals surface area contributed by atoms with Crippen LogP contribution in [0, 0.1) is 3.57 Å². The molecule has 25 heavy (non-hydrogen) atoms. The topological polar surface area (TPSA) is 55.4 Å². The van der Waals surface area contributed by atoms with E-state index < -0.39 is 22.1 Å². The van der Waals surface area contributed by atoms with Gasteiger partial charge >= 0.3 is 6.36 Å². The zero-order valence-electron chi connectivity index (χ0n) is 13.3. The van der Waals surface area contributed by atoms with Gasteiger partial charge in [-0.2, -0.15) is 0 Å². The minimum Gasteiger partial charge on any atom is -0.406 e. The van der Waals surface area contributed by atoms with Gasteiger partial charge in [0.1, 0.15) is 5.75 Å². The van der Waals surface area contributed by atoms with Gasteiger partial charge in [-0.3, -0.25) is 4.72 Å². The molecule has 0 heterocycles. The molecule has 0 radical (unpaired) electrons. The van der Waals surface area contributed by atoms with Gasteiger partial charge in [0, 0.05) is 3.57 Å². The van der Waals surface area contributed by atoms with E-state index in [1.165, 1.54) is 18.2 Å². The lowest BCUT2D eigenvalue weighted by Gasteiger charge is -2.13. The van der Waals surface area contributed by atoms with Crippen LogP contribution in [0.5, 0.6) is 5.75 Å². The van der Waals surface area contributed by atoms with E-state index in [0.29, 0.717) is 0 Å². The Balaban J connectivity index is 2.22. The Morgan fingerprint density at radius 1 is 1.08 bits per heavy atom. The molecule has 9 heteroatoms. The second-order valence-corrected chi connectivity index (χ2v) is 8.36. The molecule has 1 N–H and O–H groups in total. The Morgan fingerprint density at radius 2 is 1.68 bits per heavy atom. The van der Waals surface area contributed by atoms with Gasteiger partial charge in [-0.15, -0.1) is 13.2 Å². The molecule has 0 aromatic heterocycles. The molecule has 136 valence electrons. The average Bonchev–Trinajstić information content (AvgIpc) is 2.48. The van der Waals surface area contributed by atoms with Crippen LogP contribution in [0.3, 0.4) is 0 Å². The molecule has 0 amide bonds. The van der Waals surface area contributed by atoms with Gasteiger partial charge in [0.15, 0.2) is 0 Å². The summed E-state index contributed by atoms with van der Waals surface area (Å²) < 4.78 is 68.0. The summed E-state index contributed by atoms with van der Waals surface area (Å²) in [6, 6.07) is 9.82. The molecular weight excluding hydrogens is 470 g/mol. The summed E-state index contributed by atoms with van der Waals surface area (Å²) in [4.78, 5) is 0.0725. The van der Waals surface area contributed by atoms with Gasteiger partial charge in [-0.1, -0.05) is 26.0 Å². The maximum atomic E-state index is 12.4. The van der Waals surface area contributed by atoms with Crippen LogP contribution in [0.15, 0.2) is 47.4 Å². The molecule has 0 saturated carbocycles. The summed E-state index contributed by atoms with van der Waals surface area (Å²) in [6.45, 7) is 3.99. The molecule has 0 unspecified atom stereocenters. The first-order valence-electron chi connectivity index (χ1n) is 7.16. The number of alkyl halides is 3. The van der Waals surface area contributed by atoms with Crippen molar-refractivity contribution in [1.82, 2.24) is 0 Å². The van der Waals surface area contributed by atoms with Gasteiger partial charge in [0.2, 0.25) is 0 Å². The molecule has 2 aromatic carbocycles. The van der Waals surface area contributed by atoms with E-state index in [9.17, 15) is 21.6 Å². The van der Waals surface area contributed by atoms with Crippen LogP contribution in [0.25, 0.3) is 0 Å². The normalized spacial score (nSPS) is 12.3. The lowest BCUT2D eigenvalue weighted by Crippen LogP contribution is -2.17. The summed E-state index contributed by atoms with van der Waals surface area (Å²) in [5.41, 5.74) is 1.17. The predicted octanol–water partition coefficient (Wildman–Crippen LogP) is 5.11. The van der Waals surface area contributed by atoms with E-state index in [4.69, 9.17) is 0 Å². The van der Waals surface area contributed by atoms with Gasteiger partial charge in [-0.25, -0.2) is 8.42 Å². The minimum atomic E-state index is -4.80. The van der Waals surface area contributed by atoms with E-state index in [1.54, 1.807) is 34.7 Å². The summed E-state index contributed by atoms with van der Waals surface area (Å²) in [6.07, 6.45) is -4.80. The average molecular weight is 485 g/mol. The van der Waals surface area contributed by atoms with Crippen molar-refractivity contribution in [1.29, 1.82) is 0 Å². The highest BCUT2D eigenvalue weighted by atomic mass is 127. The molecule has 0 fully saturated rings. The minimum absolute atomic E-state index is 0.0725. The summed E-state index contributed by atoms with van der Waals surface area (Å²) in [5.74, 6) is -0.145. The molecule has 0 saturated heterocycles. The van der Waals surface area contributed by atoms with E-state index in [2.05, 4.69) is 9.46 Å². The molecular formula is C16H15F3INO3S. The van der Waals surface area contributed by atoms with Gasteiger partial charge < -0.3 is 4.74 Å². The molecule has 4 nitrogen and oxygen atoms in total. The Morgan fingerprint density at radius 3 is 2.16 bits per heavy atom. The number of hydrogen-bond donors (Lipinski definition) is 1. The Labute approximate surface area is 157 Å². The van der Waals surface area contributed by atoms with Gasteiger partial charge in [0.25, 0.3) is 10.0 Å². The number of halogens is 4. The fourth-order valence-corrected chi connectivity index (χ4v) is 3.90. The fraction of sp³-hybridized carbons (Fsp3) is 0.250. The number of ether oxygens (including phenoxy) is 1. The van der Waals surface area contributed by atoms with Gasteiger partial charge in [0.05, 0.1) is 10.6 Å². The number of anilines is 1. The summed E-state index contributed by atoms with van der Waals surface area (Å²) >= 11 is 1.74. The zero-order valence-corrected chi connectivity index (χ0v) is 16.2. The van der Waals surface area contributed by atoms with E-state index in [-0.39, 0.29) is 20.1 Å². The fourth-order valence-electron chi connectivity index (χ4n) is 2.01. The van der Waals surface area contributed by atoms with Crippen molar-refractivity contribution >= 4 is 38.3 Å². The third-order valence-electron chi connectivity index (χ3n) is 3.28. The number of sulfonamides is 1. The number of nitrogens with one attached hydrogen (secondary N) is 1. The smallest absolute Gasteiger partial charge is 0.406 e. The van der Waals surface area contributed by atoms with Gasteiger partial charge in [-0.05, 0) is 64.4 Å². The number of rotatable bonds is 5. The lowest BCUT2D eigenvalue weighted by molar-refractivity contribution is -0.274. The number of hydrogen-bond acceptors (Lipinski definition) is 3. The first-order valence-corrected chi connectivity index (χ1v) is 9.72. The molecule has 0 atom stereocenters. The first-order chi connectivity index (χ1) is 11.5. The molecule has 2 rings (SSSR count). The largest absolute Gasteiger partial charge is 0.573 e. The number of benzene rings is 2. The third kappa shape index (κ3) is 5.50. The predicted molar refractivity (Wildman–Crippen MR) is 97.2 cm³/mol. The SMILES string of the molecule is CC(C)c1ccc(S(=O)(=O)Nc2ccc(OC(F)(F)F)cc2I)cc1. The Bertz CT molecular complexity index is 850. The quantitative estimate of drug-likeness (QED) is 0.599. The van der Waals surface area contributed by atoms with Crippen molar-refractivity contribution < 1.29 is 26.3 Å². The Kier molecular flexibility index (Phi) is 5.87. The molecule has 0 aliphatic rings. The summed E-state index contributed by atoms with van der Waals surface area (Å²) in [7, 11) is -3.84. The lowest BCUT2D eigenvalue weighted by atomic mass is 10.0. The Hall–Kier alpha value is -1.49. The monoisotopic (exact) mass is 485 g/mol. The molecule has 2 aromatic rings. The van der Waals surface area contributed by atoms with Crippen molar-refractivity contribution in [3.8, 4) is 5.75 Å². The summed E-state index contributed by atoms with van der Waals surface area (Å²) in [5, 5.41) is 0. The van der Waals surface area contributed by atoms with E-state index >= 15 is 0 Å². The highest BCUT2D eigenvalue weighted by Gasteiger charge is 2.31. The highest BCUT2D eigenvalue weighted by Crippen LogP contribution is 2.29. The zero-order chi connectivity index (χ0) is 18.8. The standard InChI is InChI=1S/C16H15F3INO3S/c1-10(2)11-3-6-13(7-4-11)25(22,23)21-15-8-5-12(9-14(15)20)24-16(17,18)19/h3-10,21H,1-2H3. The van der Waals surface area contributed by atoms with Crippen molar-refractivity contribution in [2.24, 2.45) is 0 Å². The van der Waals surface area contributed by atoms with Crippen molar-refractivity contribution in [2.75, 3.05) is 4.72 Å². The van der Waals surface area contributed by atoms with Crippen molar-refractivity contribution in [2.45, 2.75) is 31.0 Å². The second kappa shape index (κ2) is 7.40. The van der Waals surface area contributed by atoms with Crippen LogP contribution in [0.2, 0.25) is 0 Å². The van der Waals surface area contributed by atoms with Crippen LogP contribution < -0.4 is 9.46 Å². The molecule has 0 spiro atoms. The van der Waals surface area contributed by atoms with Crippen LogP contribution in [-0.4, -0.2) is 14.8 Å². The van der Waals surface area contributed by atoms with Crippen LogP contribution in [-0.2, 0) is 10.0 Å². The first kappa shape index (κ1) is 19.8. The van der Waals surface area contributed by atoms with E-state index in [0.717, 1.165) is 17.7 Å². The van der Waals surface area contributed by atoms with Crippen molar-refractivity contribution in [3.63, 3.8) is 0 Å². The highest BCUT2D eigenvalue weighted by molar-refractivity contribution is 14.1. The van der Waals surface area contributed by atoms with Crippen LogP contribution in [0.1, 0.15) is 25.3 Å². The molecule has 0 aliphatic carbocycles. The van der Waals surface area contributed by atoms with Crippen LogP contribution in [0.4, 0.5) is 18.9 Å². The maximum absolute atomic E-state index is 12.4. The molecule has 0 bridgehead atoms. The third-order valence-corrected chi connectivity index (χ3v) is 5.55. The maximum Gasteiger partial charge on any atom is 0.573 e. The van der Waals surface area contributed by atoms with E-state index in [1.807, 2.05) is 13.8 Å².